The van der Waals surface area contributed by atoms with E-state index < -0.39 is 11.8 Å². The molecular weight excluding hydrogens is 408 g/mol. The first-order chi connectivity index (χ1) is 11.5. The maximum Gasteiger partial charge on any atom is 0.356 e. The lowest BCUT2D eigenvalue weighted by Crippen LogP contribution is -2.25. The summed E-state index contributed by atoms with van der Waals surface area (Å²) in [7, 11) is 0. The SMILES string of the molecule is CCOC(=O)c1cc(-c2ccc(F)c(Cl)c2)nn1C(CN)CCO.Cl.Cl. The Morgan fingerprint density at radius 1 is 1.42 bits per heavy atom. The maximum atomic E-state index is 13.3. The van der Waals surface area contributed by atoms with Crippen molar-refractivity contribution in [3.63, 3.8) is 0 Å². The van der Waals surface area contributed by atoms with Crippen molar-refractivity contribution in [1.82, 2.24) is 9.78 Å². The summed E-state index contributed by atoms with van der Waals surface area (Å²) >= 11 is 5.81. The van der Waals surface area contributed by atoms with Crippen molar-refractivity contribution >= 4 is 42.4 Å². The van der Waals surface area contributed by atoms with Crippen LogP contribution >= 0.6 is 36.4 Å². The first-order valence-electron chi connectivity index (χ1n) is 7.54. The highest BCUT2D eigenvalue weighted by atomic mass is 35.5. The van der Waals surface area contributed by atoms with Gasteiger partial charge < -0.3 is 15.6 Å². The van der Waals surface area contributed by atoms with Crippen LogP contribution < -0.4 is 5.73 Å². The van der Waals surface area contributed by atoms with Crippen LogP contribution in [0.5, 0.6) is 0 Å². The average molecular weight is 429 g/mol. The molecule has 1 unspecified atom stereocenters. The Labute approximate surface area is 168 Å². The Balaban J connectivity index is 0.00000312. The molecule has 0 amide bonds. The number of nitrogens with zero attached hydrogens (tertiary/aromatic N) is 2. The highest BCUT2D eigenvalue weighted by Crippen LogP contribution is 2.26. The lowest BCUT2D eigenvalue weighted by Gasteiger charge is -2.16. The van der Waals surface area contributed by atoms with Gasteiger partial charge in [0.1, 0.15) is 11.5 Å². The van der Waals surface area contributed by atoms with Crippen molar-refractivity contribution in [2.45, 2.75) is 19.4 Å². The highest BCUT2D eigenvalue weighted by molar-refractivity contribution is 6.31. The second-order valence-corrected chi connectivity index (χ2v) is 5.52. The molecule has 0 aliphatic carbocycles. The van der Waals surface area contributed by atoms with Gasteiger partial charge in [-0.2, -0.15) is 5.10 Å². The van der Waals surface area contributed by atoms with Crippen molar-refractivity contribution in [2.75, 3.05) is 19.8 Å². The molecule has 0 saturated heterocycles. The lowest BCUT2D eigenvalue weighted by atomic mass is 10.1. The zero-order chi connectivity index (χ0) is 17.7. The first kappa shape index (κ1) is 24.6. The standard InChI is InChI=1S/C16H19ClFN3O3.2ClH/c1-2-24-16(23)15-8-14(10-3-4-13(18)12(17)7-10)20-21(15)11(9-19)5-6-22;;/h3-4,7-8,11,22H,2,5-6,9,19H2,1H3;2*1H. The topological polar surface area (TPSA) is 90.4 Å². The van der Waals surface area contributed by atoms with Gasteiger partial charge in [-0.15, -0.1) is 24.8 Å². The zero-order valence-electron chi connectivity index (χ0n) is 14.0. The number of hydrogen-bond acceptors (Lipinski definition) is 5. The fourth-order valence-corrected chi connectivity index (χ4v) is 2.50. The van der Waals surface area contributed by atoms with E-state index in [1.165, 1.54) is 22.9 Å². The van der Waals surface area contributed by atoms with E-state index in [9.17, 15) is 14.3 Å². The number of benzene rings is 1. The Morgan fingerprint density at radius 2 is 2.12 bits per heavy atom. The molecule has 0 spiro atoms. The minimum atomic E-state index is -0.541. The molecule has 1 heterocycles. The Bertz CT molecular complexity index is 728. The smallest absolute Gasteiger partial charge is 0.356 e. The van der Waals surface area contributed by atoms with E-state index in [4.69, 9.17) is 22.1 Å². The molecule has 1 atom stereocenters. The first-order valence-corrected chi connectivity index (χ1v) is 7.92. The monoisotopic (exact) mass is 427 g/mol. The van der Waals surface area contributed by atoms with Crippen LogP contribution in [-0.4, -0.2) is 40.6 Å². The van der Waals surface area contributed by atoms with Crippen molar-refractivity contribution < 1.29 is 19.0 Å². The summed E-state index contributed by atoms with van der Waals surface area (Å²) in [4.78, 5) is 12.2. The van der Waals surface area contributed by atoms with Gasteiger partial charge in [-0.3, -0.25) is 4.68 Å². The highest BCUT2D eigenvalue weighted by Gasteiger charge is 2.22. The number of halogens is 4. The number of nitrogens with two attached hydrogens (primary N) is 1. The molecule has 0 aliphatic heterocycles. The molecule has 2 aromatic rings. The Hall–Kier alpha value is -1.38. The van der Waals surface area contributed by atoms with Crippen LogP contribution in [0.25, 0.3) is 11.3 Å². The van der Waals surface area contributed by atoms with Crippen LogP contribution in [0, 0.1) is 5.82 Å². The predicted octanol–water partition coefficient (Wildman–Crippen LogP) is 3.25. The van der Waals surface area contributed by atoms with Gasteiger partial charge in [0.15, 0.2) is 0 Å². The minimum absolute atomic E-state index is 0. The molecule has 3 N–H and O–H groups in total. The second-order valence-electron chi connectivity index (χ2n) is 5.11. The van der Waals surface area contributed by atoms with Crippen LogP contribution in [0.1, 0.15) is 29.9 Å². The quantitative estimate of drug-likeness (QED) is 0.661. The molecule has 1 aromatic heterocycles. The molecular formula is C16H21Cl3FN3O3. The number of aromatic nitrogens is 2. The summed E-state index contributed by atoms with van der Waals surface area (Å²) in [5.41, 5.74) is 6.95. The third-order valence-electron chi connectivity index (χ3n) is 3.52. The van der Waals surface area contributed by atoms with Gasteiger partial charge in [-0.1, -0.05) is 11.6 Å². The summed E-state index contributed by atoms with van der Waals surface area (Å²) in [6, 6.07) is 5.36. The maximum absolute atomic E-state index is 13.3. The Kier molecular flexibility index (Phi) is 10.8. The predicted molar refractivity (Wildman–Crippen MR) is 103 cm³/mol. The molecule has 26 heavy (non-hydrogen) atoms. The summed E-state index contributed by atoms with van der Waals surface area (Å²) in [6.07, 6.45) is 0.341. The molecule has 0 aliphatic rings. The van der Waals surface area contributed by atoms with Crippen LogP contribution in [0.3, 0.4) is 0 Å². The van der Waals surface area contributed by atoms with Crippen molar-refractivity contribution in [2.24, 2.45) is 5.73 Å². The number of aliphatic hydroxyl groups excluding tert-OH is 1. The number of rotatable bonds is 7. The molecule has 0 fully saturated rings. The number of ether oxygens (including phenoxy) is 1. The molecule has 6 nitrogen and oxygen atoms in total. The van der Waals surface area contributed by atoms with Crippen LogP contribution in [0.4, 0.5) is 4.39 Å². The number of aliphatic hydroxyl groups is 1. The zero-order valence-corrected chi connectivity index (χ0v) is 16.4. The van der Waals surface area contributed by atoms with Crippen molar-refractivity contribution in [3.05, 3.63) is 40.8 Å². The van der Waals surface area contributed by atoms with E-state index >= 15 is 0 Å². The normalized spacial score (nSPS) is 11.3. The van der Waals surface area contributed by atoms with E-state index in [1.807, 2.05) is 0 Å². The summed E-state index contributed by atoms with van der Waals surface area (Å²) < 4.78 is 19.8. The second kappa shape index (κ2) is 11.4. The van der Waals surface area contributed by atoms with Crippen LogP contribution in [-0.2, 0) is 4.74 Å². The summed E-state index contributed by atoms with van der Waals surface area (Å²) in [6.45, 7) is 2.02. The van der Waals surface area contributed by atoms with Gasteiger partial charge in [-0.05, 0) is 37.6 Å². The van der Waals surface area contributed by atoms with E-state index in [-0.39, 0.29) is 61.3 Å². The average Bonchev–Trinajstić information content (AvgIpc) is 3.00. The molecule has 1 aromatic carbocycles. The van der Waals surface area contributed by atoms with Crippen LogP contribution in [0.2, 0.25) is 5.02 Å². The van der Waals surface area contributed by atoms with Crippen molar-refractivity contribution in [3.8, 4) is 11.3 Å². The van der Waals surface area contributed by atoms with Gasteiger partial charge in [0, 0.05) is 18.7 Å². The lowest BCUT2D eigenvalue weighted by molar-refractivity contribution is 0.0507. The van der Waals surface area contributed by atoms with Crippen molar-refractivity contribution in [1.29, 1.82) is 0 Å². The molecule has 146 valence electrons. The fraction of sp³-hybridized carbons (Fsp3) is 0.375. The number of carbonyl (C=O) groups is 1. The largest absolute Gasteiger partial charge is 0.461 e. The molecule has 0 bridgehead atoms. The number of carbonyl (C=O) groups excluding carboxylic acids is 1. The Morgan fingerprint density at radius 3 is 2.65 bits per heavy atom. The van der Waals surface area contributed by atoms with Gasteiger partial charge in [-0.25, -0.2) is 9.18 Å². The van der Waals surface area contributed by atoms with E-state index in [1.54, 1.807) is 13.0 Å². The van der Waals surface area contributed by atoms with E-state index in [2.05, 4.69) is 5.10 Å². The number of hydrogen-bond donors (Lipinski definition) is 2. The van der Waals surface area contributed by atoms with Crippen LogP contribution in [0.15, 0.2) is 24.3 Å². The third-order valence-corrected chi connectivity index (χ3v) is 3.81. The summed E-state index contributed by atoms with van der Waals surface area (Å²) in [5, 5.41) is 13.5. The fourth-order valence-electron chi connectivity index (χ4n) is 2.32. The third kappa shape index (κ3) is 5.56. The summed E-state index contributed by atoms with van der Waals surface area (Å²) in [5.74, 6) is -1.08. The van der Waals surface area contributed by atoms with Gasteiger partial charge in [0.25, 0.3) is 0 Å². The van der Waals surface area contributed by atoms with E-state index in [0.717, 1.165) is 0 Å². The molecule has 0 saturated carbocycles. The van der Waals surface area contributed by atoms with Gasteiger partial charge in [0.05, 0.1) is 23.4 Å². The number of esters is 1. The molecule has 10 heteroatoms. The van der Waals surface area contributed by atoms with E-state index in [0.29, 0.717) is 17.7 Å². The minimum Gasteiger partial charge on any atom is -0.461 e. The molecule has 0 radical (unpaired) electrons. The van der Waals surface area contributed by atoms with Gasteiger partial charge in [0.2, 0.25) is 0 Å². The van der Waals surface area contributed by atoms with Gasteiger partial charge >= 0.3 is 5.97 Å². The molecule has 2 rings (SSSR count).